The van der Waals surface area contributed by atoms with Gasteiger partial charge in [-0.2, -0.15) is 0 Å². The van der Waals surface area contributed by atoms with Crippen molar-refractivity contribution >= 4 is 0 Å². The summed E-state index contributed by atoms with van der Waals surface area (Å²) < 4.78 is 0. The van der Waals surface area contributed by atoms with Crippen molar-refractivity contribution in [3.8, 4) is 0 Å². The van der Waals surface area contributed by atoms with Crippen molar-refractivity contribution in [1.29, 1.82) is 0 Å². The van der Waals surface area contributed by atoms with E-state index in [1.807, 2.05) is 12.3 Å². The lowest BCUT2D eigenvalue weighted by Crippen LogP contribution is -2.34. The zero-order valence-corrected chi connectivity index (χ0v) is 12.4. The first-order chi connectivity index (χ1) is 8.63. The monoisotopic (exact) mass is 248 g/mol. The van der Waals surface area contributed by atoms with Crippen molar-refractivity contribution in [2.75, 3.05) is 13.6 Å². The third kappa shape index (κ3) is 5.63. The van der Waals surface area contributed by atoms with E-state index in [2.05, 4.69) is 49.8 Å². The molecule has 0 saturated heterocycles. The van der Waals surface area contributed by atoms with Gasteiger partial charge in [-0.1, -0.05) is 33.3 Å². The van der Waals surface area contributed by atoms with Crippen LogP contribution < -0.4 is 0 Å². The largest absolute Gasteiger partial charge is 0.303 e. The summed E-state index contributed by atoms with van der Waals surface area (Å²) in [6.45, 7) is 8.01. The second-order valence-corrected chi connectivity index (χ2v) is 5.62. The van der Waals surface area contributed by atoms with Crippen LogP contribution in [0.5, 0.6) is 0 Å². The van der Waals surface area contributed by atoms with E-state index in [1.165, 1.54) is 25.0 Å². The second kappa shape index (κ2) is 8.25. The third-order valence-electron chi connectivity index (χ3n) is 3.44. The van der Waals surface area contributed by atoms with E-state index in [9.17, 15) is 0 Å². The minimum atomic E-state index is 0.721. The number of nitrogens with zero attached hydrogens (tertiary/aromatic N) is 2. The average molecular weight is 248 g/mol. The van der Waals surface area contributed by atoms with E-state index in [0.717, 1.165) is 24.9 Å². The van der Waals surface area contributed by atoms with Gasteiger partial charge < -0.3 is 4.90 Å². The quantitative estimate of drug-likeness (QED) is 0.696. The molecule has 18 heavy (non-hydrogen) atoms. The first-order valence-electron chi connectivity index (χ1n) is 7.23. The molecule has 2 heteroatoms. The van der Waals surface area contributed by atoms with Crippen LogP contribution in [0, 0.1) is 5.92 Å². The number of aromatic nitrogens is 1. The van der Waals surface area contributed by atoms with Crippen LogP contribution in [0.3, 0.4) is 0 Å². The van der Waals surface area contributed by atoms with Crippen LogP contribution in [0.25, 0.3) is 0 Å². The molecule has 0 bridgehead atoms. The van der Waals surface area contributed by atoms with Crippen LogP contribution in [0.2, 0.25) is 0 Å². The molecule has 0 radical (unpaired) electrons. The van der Waals surface area contributed by atoms with Gasteiger partial charge in [-0.25, -0.2) is 0 Å². The molecule has 1 atom stereocenters. The summed E-state index contributed by atoms with van der Waals surface area (Å²) in [5.74, 6) is 0.777. The van der Waals surface area contributed by atoms with E-state index >= 15 is 0 Å². The highest BCUT2D eigenvalue weighted by atomic mass is 15.1. The highest BCUT2D eigenvalue weighted by Crippen LogP contribution is 2.15. The van der Waals surface area contributed by atoms with Gasteiger partial charge in [0.05, 0.1) is 0 Å². The average Bonchev–Trinajstić information content (AvgIpc) is 2.36. The molecule has 1 heterocycles. The first kappa shape index (κ1) is 15.2. The molecular weight excluding hydrogens is 220 g/mol. The Morgan fingerprint density at radius 3 is 2.61 bits per heavy atom. The maximum absolute atomic E-state index is 4.39. The highest BCUT2D eigenvalue weighted by molar-refractivity contribution is 5.03. The summed E-state index contributed by atoms with van der Waals surface area (Å²) in [5.41, 5.74) is 1.20. The minimum absolute atomic E-state index is 0.721. The lowest BCUT2D eigenvalue weighted by molar-refractivity contribution is 0.202. The molecule has 1 aromatic heterocycles. The van der Waals surface area contributed by atoms with E-state index in [0.29, 0.717) is 0 Å². The van der Waals surface area contributed by atoms with Gasteiger partial charge in [0.25, 0.3) is 0 Å². The van der Waals surface area contributed by atoms with Crippen LogP contribution in [0.4, 0.5) is 0 Å². The standard InChI is InChI=1S/C16H28N2/c1-5-8-16(13-14(2)3)18(4)12-10-15-9-6-7-11-17-15/h6-7,9,11,14,16H,5,8,10,12-13H2,1-4H3. The molecule has 0 aliphatic rings. The minimum Gasteiger partial charge on any atom is -0.303 e. The van der Waals surface area contributed by atoms with Crippen LogP contribution in [0.1, 0.15) is 45.7 Å². The van der Waals surface area contributed by atoms with Gasteiger partial charge in [0, 0.05) is 30.9 Å². The molecule has 1 aromatic rings. The zero-order chi connectivity index (χ0) is 13.4. The van der Waals surface area contributed by atoms with Crippen molar-refractivity contribution in [1.82, 2.24) is 9.88 Å². The van der Waals surface area contributed by atoms with E-state index in [4.69, 9.17) is 0 Å². The molecule has 0 saturated carbocycles. The summed E-state index contributed by atoms with van der Waals surface area (Å²) in [4.78, 5) is 6.90. The molecule has 1 unspecified atom stereocenters. The summed E-state index contributed by atoms with van der Waals surface area (Å²) in [7, 11) is 2.26. The number of hydrogen-bond donors (Lipinski definition) is 0. The van der Waals surface area contributed by atoms with Crippen LogP contribution in [0.15, 0.2) is 24.4 Å². The molecule has 0 spiro atoms. The topological polar surface area (TPSA) is 16.1 Å². The fourth-order valence-electron chi connectivity index (χ4n) is 2.42. The molecule has 1 rings (SSSR count). The fourth-order valence-corrected chi connectivity index (χ4v) is 2.42. The number of rotatable bonds is 8. The van der Waals surface area contributed by atoms with Crippen molar-refractivity contribution in [3.05, 3.63) is 30.1 Å². The van der Waals surface area contributed by atoms with Gasteiger partial charge in [-0.15, -0.1) is 0 Å². The Hall–Kier alpha value is -0.890. The molecular formula is C16H28N2. The molecule has 0 aliphatic carbocycles. The van der Waals surface area contributed by atoms with Crippen molar-refractivity contribution in [3.63, 3.8) is 0 Å². The summed E-state index contributed by atoms with van der Waals surface area (Å²) in [5, 5.41) is 0. The van der Waals surface area contributed by atoms with Gasteiger partial charge in [-0.3, -0.25) is 4.98 Å². The van der Waals surface area contributed by atoms with Crippen LogP contribution >= 0.6 is 0 Å². The normalized spacial score (nSPS) is 13.2. The maximum Gasteiger partial charge on any atom is 0.0416 e. The summed E-state index contributed by atoms with van der Waals surface area (Å²) in [6, 6.07) is 6.88. The van der Waals surface area contributed by atoms with Gasteiger partial charge >= 0.3 is 0 Å². The second-order valence-electron chi connectivity index (χ2n) is 5.62. The van der Waals surface area contributed by atoms with E-state index < -0.39 is 0 Å². The Morgan fingerprint density at radius 1 is 1.28 bits per heavy atom. The molecule has 0 N–H and O–H groups in total. The third-order valence-corrected chi connectivity index (χ3v) is 3.44. The molecule has 2 nitrogen and oxygen atoms in total. The number of hydrogen-bond acceptors (Lipinski definition) is 2. The predicted octanol–water partition coefficient (Wildman–Crippen LogP) is 3.77. The van der Waals surface area contributed by atoms with Crippen LogP contribution in [-0.2, 0) is 6.42 Å². The number of pyridine rings is 1. The summed E-state index contributed by atoms with van der Waals surface area (Å²) >= 11 is 0. The first-order valence-corrected chi connectivity index (χ1v) is 7.23. The van der Waals surface area contributed by atoms with Crippen molar-refractivity contribution < 1.29 is 0 Å². The molecule has 0 aliphatic heterocycles. The lowest BCUT2D eigenvalue weighted by atomic mass is 9.98. The van der Waals surface area contributed by atoms with Gasteiger partial charge in [0.2, 0.25) is 0 Å². The Morgan fingerprint density at radius 2 is 2.06 bits per heavy atom. The highest BCUT2D eigenvalue weighted by Gasteiger charge is 2.15. The Kier molecular flexibility index (Phi) is 6.96. The number of likely N-dealkylation sites (N-methyl/N-ethyl adjacent to an activating group) is 1. The zero-order valence-electron chi connectivity index (χ0n) is 12.4. The van der Waals surface area contributed by atoms with E-state index in [1.54, 1.807) is 0 Å². The summed E-state index contributed by atoms with van der Waals surface area (Å²) in [6.07, 6.45) is 6.80. The molecule has 102 valence electrons. The molecule has 0 aromatic carbocycles. The van der Waals surface area contributed by atoms with Gasteiger partial charge in [0.1, 0.15) is 0 Å². The maximum atomic E-state index is 4.39. The molecule has 0 fully saturated rings. The van der Waals surface area contributed by atoms with E-state index in [-0.39, 0.29) is 0 Å². The van der Waals surface area contributed by atoms with Crippen molar-refractivity contribution in [2.24, 2.45) is 5.92 Å². The molecule has 0 amide bonds. The van der Waals surface area contributed by atoms with Gasteiger partial charge in [-0.05, 0) is 37.9 Å². The fraction of sp³-hybridized carbons (Fsp3) is 0.688. The SMILES string of the molecule is CCCC(CC(C)C)N(C)CCc1ccccn1. The van der Waals surface area contributed by atoms with Crippen molar-refractivity contribution in [2.45, 2.75) is 52.5 Å². The Balaban J connectivity index is 2.43. The van der Waals surface area contributed by atoms with Crippen LogP contribution in [-0.4, -0.2) is 29.5 Å². The Labute approximate surface area is 112 Å². The predicted molar refractivity (Wildman–Crippen MR) is 78.7 cm³/mol. The van der Waals surface area contributed by atoms with Gasteiger partial charge in [0.15, 0.2) is 0 Å². The lowest BCUT2D eigenvalue weighted by Gasteiger charge is -2.29. The smallest absolute Gasteiger partial charge is 0.0416 e. The Bertz CT molecular complexity index is 308.